The Balaban J connectivity index is 1.36. The second-order valence-corrected chi connectivity index (χ2v) is 8.64. The fourth-order valence-corrected chi connectivity index (χ4v) is 4.89. The highest BCUT2D eigenvalue weighted by atomic mass is 32.1. The third kappa shape index (κ3) is 5.84. The standard InChI is InChI=1S/C25H22N4O3S/c26-14-21-20-10-9-19(32-25(31)28-16-17-5-2-1-3-6-17)13-22(20)33-24(21)29-23(30)11-8-18-7-4-12-27-15-18/h1-8,11-12,15,19H,9-10,13,16H2,(H,28,31)(H,29,30). The van der Waals surface area contributed by atoms with Gasteiger partial charge in [-0.05, 0) is 41.7 Å². The van der Waals surface area contributed by atoms with E-state index in [1.54, 1.807) is 24.5 Å². The van der Waals surface area contributed by atoms with Crippen molar-refractivity contribution in [1.82, 2.24) is 10.3 Å². The van der Waals surface area contributed by atoms with E-state index in [0.29, 0.717) is 36.4 Å². The fourth-order valence-electron chi connectivity index (χ4n) is 3.63. The third-order valence-electron chi connectivity index (χ3n) is 5.23. The molecule has 0 fully saturated rings. The van der Waals surface area contributed by atoms with Crippen LogP contribution in [0.1, 0.15) is 33.6 Å². The van der Waals surface area contributed by atoms with Crippen molar-refractivity contribution >= 4 is 34.4 Å². The van der Waals surface area contributed by atoms with E-state index in [-0.39, 0.29) is 12.0 Å². The number of thiophene rings is 1. The van der Waals surface area contributed by atoms with E-state index in [0.717, 1.165) is 21.6 Å². The summed E-state index contributed by atoms with van der Waals surface area (Å²) in [6, 6.07) is 15.5. The molecule has 3 aromatic rings. The van der Waals surface area contributed by atoms with E-state index < -0.39 is 6.09 Å². The summed E-state index contributed by atoms with van der Waals surface area (Å²) in [6.45, 7) is 0.401. The van der Waals surface area contributed by atoms with Gasteiger partial charge in [0.15, 0.2) is 0 Å². The average molecular weight is 459 g/mol. The first-order chi connectivity index (χ1) is 16.1. The van der Waals surface area contributed by atoms with E-state index in [2.05, 4.69) is 21.7 Å². The van der Waals surface area contributed by atoms with Crippen LogP contribution in [0.25, 0.3) is 6.08 Å². The summed E-state index contributed by atoms with van der Waals surface area (Å²) in [5.41, 5.74) is 3.23. The zero-order valence-corrected chi connectivity index (χ0v) is 18.6. The van der Waals surface area contributed by atoms with Crippen molar-refractivity contribution in [2.45, 2.75) is 31.9 Å². The molecule has 0 saturated heterocycles. The molecule has 0 aliphatic heterocycles. The van der Waals surface area contributed by atoms with Gasteiger partial charge in [-0.25, -0.2) is 4.79 Å². The Kier molecular flexibility index (Phi) is 7.12. The number of nitrogens with one attached hydrogen (secondary N) is 2. The molecule has 1 aromatic carbocycles. The van der Waals surface area contributed by atoms with Crippen molar-refractivity contribution in [1.29, 1.82) is 5.26 Å². The van der Waals surface area contributed by atoms with E-state index in [1.807, 2.05) is 36.4 Å². The number of carbonyl (C=O) groups is 2. The molecule has 1 unspecified atom stereocenters. The van der Waals surface area contributed by atoms with Crippen LogP contribution in [-0.2, 0) is 28.9 Å². The SMILES string of the molecule is N#Cc1c(NC(=O)C=Cc2cccnc2)sc2c1CCC(OC(=O)NCc1ccccc1)C2. The number of nitrogens with zero attached hydrogens (tertiary/aromatic N) is 2. The van der Waals surface area contributed by atoms with Gasteiger partial charge in [-0.2, -0.15) is 5.26 Å². The van der Waals surface area contributed by atoms with Gasteiger partial charge >= 0.3 is 6.09 Å². The molecule has 0 bridgehead atoms. The molecule has 2 aromatic heterocycles. The van der Waals surface area contributed by atoms with Crippen LogP contribution in [0.4, 0.5) is 9.80 Å². The highest BCUT2D eigenvalue weighted by Gasteiger charge is 2.28. The molecule has 33 heavy (non-hydrogen) atoms. The molecule has 4 rings (SSSR count). The van der Waals surface area contributed by atoms with Gasteiger partial charge in [0.2, 0.25) is 5.91 Å². The van der Waals surface area contributed by atoms with Crippen LogP contribution in [0.5, 0.6) is 0 Å². The fraction of sp³-hybridized carbons (Fsp3) is 0.200. The summed E-state index contributed by atoms with van der Waals surface area (Å²) in [4.78, 5) is 29.5. The Bertz CT molecular complexity index is 1200. The molecule has 1 aliphatic carbocycles. The minimum atomic E-state index is -0.460. The Labute approximate surface area is 195 Å². The molecule has 7 nitrogen and oxygen atoms in total. The van der Waals surface area contributed by atoms with Crippen molar-refractivity contribution in [2.24, 2.45) is 0 Å². The van der Waals surface area contributed by atoms with Crippen LogP contribution in [0, 0.1) is 11.3 Å². The van der Waals surface area contributed by atoms with Gasteiger partial charge in [0.1, 0.15) is 17.2 Å². The lowest BCUT2D eigenvalue weighted by atomic mass is 9.94. The van der Waals surface area contributed by atoms with Gasteiger partial charge in [-0.15, -0.1) is 11.3 Å². The van der Waals surface area contributed by atoms with Crippen LogP contribution in [0.2, 0.25) is 0 Å². The molecule has 0 spiro atoms. The van der Waals surface area contributed by atoms with Gasteiger partial charge in [0.05, 0.1) is 5.56 Å². The highest BCUT2D eigenvalue weighted by molar-refractivity contribution is 7.16. The van der Waals surface area contributed by atoms with Crippen molar-refractivity contribution < 1.29 is 14.3 Å². The molecule has 1 atom stereocenters. The zero-order valence-electron chi connectivity index (χ0n) is 17.8. The number of aromatic nitrogens is 1. The molecular weight excluding hydrogens is 436 g/mol. The number of nitriles is 1. The van der Waals surface area contributed by atoms with Crippen molar-refractivity contribution in [2.75, 3.05) is 5.32 Å². The Morgan fingerprint density at radius 2 is 2.09 bits per heavy atom. The lowest BCUT2D eigenvalue weighted by molar-refractivity contribution is -0.111. The second kappa shape index (κ2) is 10.6. The lowest BCUT2D eigenvalue weighted by Crippen LogP contribution is -2.31. The van der Waals surface area contributed by atoms with Gasteiger partial charge in [0, 0.05) is 36.3 Å². The number of hydrogen-bond donors (Lipinski definition) is 2. The maximum atomic E-state index is 12.4. The molecule has 2 amide bonds. The molecular formula is C25H22N4O3S. The van der Waals surface area contributed by atoms with Gasteiger partial charge in [-0.3, -0.25) is 9.78 Å². The first kappa shape index (κ1) is 22.2. The van der Waals surface area contributed by atoms with Gasteiger partial charge < -0.3 is 15.4 Å². The van der Waals surface area contributed by atoms with Crippen LogP contribution in [0.3, 0.4) is 0 Å². The number of amides is 2. The molecule has 166 valence electrons. The first-order valence-corrected chi connectivity index (χ1v) is 11.4. The number of alkyl carbamates (subject to hydrolysis) is 1. The van der Waals surface area contributed by atoms with Crippen LogP contribution in [-0.4, -0.2) is 23.1 Å². The Morgan fingerprint density at radius 3 is 2.85 bits per heavy atom. The number of pyridine rings is 1. The second-order valence-electron chi connectivity index (χ2n) is 7.54. The summed E-state index contributed by atoms with van der Waals surface area (Å²) >= 11 is 1.37. The van der Waals surface area contributed by atoms with E-state index >= 15 is 0 Å². The summed E-state index contributed by atoms with van der Waals surface area (Å²) in [5.74, 6) is -0.318. The number of carbonyl (C=O) groups excluding carboxylic acids is 2. The summed E-state index contributed by atoms with van der Waals surface area (Å²) in [6.07, 6.45) is 7.44. The predicted molar refractivity (Wildman–Crippen MR) is 127 cm³/mol. The van der Waals surface area contributed by atoms with Crippen molar-refractivity contribution in [3.63, 3.8) is 0 Å². The molecule has 2 N–H and O–H groups in total. The number of rotatable bonds is 6. The topological polar surface area (TPSA) is 104 Å². The van der Waals surface area contributed by atoms with Crippen molar-refractivity contribution in [3.8, 4) is 6.07 Å². The normalized spacial score (nSPS) is 14.8. The van der Waals surface area contributed by atoms with Gasteiger partial charge in [-0.1, -0.05) is 36.4 Å². The smallest absolute Gasteiger partial charge is 0.407 e. The number of benzene rings is 1. The van der Waals surface area contributed by atoms with Crippen LogP contribution >= 0.6 is 11.3 Å². The van der Waals surface area contributed by atoms with Crippen molar-refractivity contribution in [3.05, 3.63) is 88.1 Å². The minimum absolute atomic E-state index is 0.271. The first-order valence-electron chi connectivity index (χ1n) is 10.5. The number of anilines is 1. The predicted octanol–water partition coefficient (Wildman–Crippen LogP) is 4.45. The quantitative estimate of drug-likeness (QED) is 0.531. The zero-order chi connectivity index (χ0) is 23.0. The summed E-state index contributed by atoms with van der Waals surface area (Å²) in [5, 5.41) is 15.8. The maximum Gasteiger partial charge on any atom is 0.407 e. The third-order valence-corrected chi connectivity index (χ3v) is 6.40. The summed E-state index contributed by atoms with van der Waals surface area (Å²) in [7, 11) is 0. The molecule has 2 heterocycles. The monoisotopic (exact) mass is 458 g/mol. The van der Waals surface area contributed by atoms with Crippen LogP contribution in [0.15, 0.2) is 60.9 Å². The molecule has 0 saturated carbocycles. The number of ether oxygens (including phenoxy) is 1. The van der Waals surface area contributed by atoms with E-state index in [1.165, 1.54) is 17.4 Å². The van der Waals surface area contributed by atoms with Crippen LogP contribution < -0.4 is 10.6 Å². The highest BCUT2D eigenvalue weighted by Crippen LogP contribution is 2.38. The lowest BCUT2D eigenvalue weighted by Gasteiger charge is -2.22. The average Bonchev–Trinajstić information content (AvgIpc) is 3.18. The van der Waals surface area contributed by atoms with E-state index in [9.17, 15) is 14.9 Å². The van der Waals surface area contributed by atoms with Gasteiger partial charge in [0.25, 0.3) is 0 Å². The molecule has 0 radical (unpaired) electrons. The van der Waals surface area contributed by atoms with E-state index in [4.69, 9.17) is 4.74 Å². The Morgan fingerprint density at radius 1 is 1.24 bits per heavy atom. The minimum Gasteiger partial charge on any atom is -0.446 e. The maximum absolute atomic E-state index is 12.4. The Hall–Kier alpha value is -3.96. The largest absolute Gasteiger partial charge is 0.446 e. The number of hydrogen-bond acceptors (Lipinski definition) is 6. The summed E-state index contributed by atoms with van der Waals surface area (Å²) < 4.78 is 5.59. The number of fused-ring (bicyclic) bond motifs is 1. The molecule has 8 heteroatoms. The molecule has 1 aliphatic rings.